The molecule has 0 aliphatic carbocycles. The third-order valence-corrected chi connectivity index (χ3v) is 6.14. The predicted octanol–water partition coefficient (Wildman–Crippen LogP) is 4.04. The van der Waals surface area contributed by atoms with Crippen LogP contribution in [-0.2, 0) is 20.8 Å². The van der Waals surface area contributed by atoms with Gasteiger partial charge in [-0.05, 0) is 51.2 Å². The van der Waals surface area contributed by atoms with Gasteiger partial charge in [-0.1, -0.05) is 18.9 Å². The van der Waals surface area contributed by atoms with Gasteiger partial charge >= 0.3 is 0 Å². The lowest BCUT2D eigenvalue weighted by Crippen LogP contribution is -2.52. The van der Waals surface area contributed by atoms with Crippen LogP contribution in [0.1, 0.15) is 64.4 Å². The van der Waals surface area contributed by atoms with Gasteiger partial charge in [0.2, 0.25) is 23.5 Å². The molecule has 0 spiro atoms. The van der Waals surface area contributed by atoms with Crippen LogP contribution in [0.2, 0.25) is 0 Å². The van der Waals surface area contributed by atoms with E-state index in [-0.39, 0.29) is 24.3 Å². The van der Waals surface area contributed by atoms with E-state index in [1.54, 1.807) is 20.4 Å². The summed E-state index contributed by atoms with van der Waals surface area (Å²) < 4.78 is 16.9. The van der Waals surface area contributed by atoms with Gasteiger partial charge in [-0.15, -0.1) is 0 Å². The second kappa shape index (κ2) is 14.2. The number of carbonyl (C=O) groups is 3. The van der Waals surface area contributed by atoms with Crippen molar-refractivity contribution < 1.29 is 28.6 Å². The van der Waals surface area contributed by atoms with Crippen LogP contribution >= 0.6 is 0 Å². The molecule has 10 heteroatoms. The highest BCUT2D eigenvalue weighted by Crippen LogP contribution is 2.41. The number of ether oxygens (including phenoxy) is 3. The Morgan fingerprint density at radius 1 is 1.11 bits per heavy atom. The average Bonchev–Trinajstić information content (AvgIpc) is 2.88. The number of nitrogens with zero attached hydrogens (tertiary/aromatic N) is 1. The van der Waals surface area contributed by atoms with Gasteiger partial charge in [0.1, 0.15) is 11.9 Å². The SMILES string of the molecule is COc1cc(Nc2ncccc2CCCCCCC(=O)NC2CCC(=O)NC2=O)cc(OC(C)C)c1OC. The standard InChI is InChI=1S/C28H38N4O6/c1-18(2)38-23-17-20(16-22(36-3)26(23)37-4)30-27-19(11-9-15-29-27)10-7-5-6-8-12-24(33)31-21-13-14-25(34)32-28(21)35/h9,11,15-18,21H,5-8,10,12-14H2,1-4H3,(H,29,30)(H,31,33)(H,32,34,35). The summed E-state index contributed by atoms with van der Waals surface area (Å²) in [5.74, 6) is 1.58. The Balaban J connectivity index is 1.49. The molecule has 0 bridgehead atoms. The molecule has 1 unspecified atom stereocenters. The van der Waals surface area contributed by atoms with Gasteiger partial charge in [0.15, 0.2) is 11.5 Å². The number of amides is 3. The molecule has 10 nitrogen and oxygen atoms in total. The maximum Gasteiger partial charge on any atom is 0.249 e. The Bertz CT molecular complexity index is 1120. The molecule has 1 atom stereocenters. The zero-order valence-electron chi connectivity index (χ0n) is 22.6. The van der Waals surface area contributed by atoms with Crippen molar-refractivity contribution in [1.29, 1.82) is 0 Å². The minimum Gasteiger partial charge on any atom is -0.493 e. The second-order valence-electron chi connectivity index (χ2n) is 9.50. The normalized spacial score (nSPS) is 15.1. The van der Waals surface area contributed by atoms with Crippen LogP contribution < -0.4 is 30.2 Å². The number of aromatic nitrogens is 1. The molecule has 2 aromatic rings. The Kier molecular flexibility index (Phi) is 10.7. The van der Waals surface area contributed by atoms with Crippen molar-refractivity contribution in [2.24, 2.45) is 0 Å². The maximum absolute atomic E-state index is 12.2. The lowest BCUT2D eigenvalue weighted by Gasteiger charge is -2.21. The molecule has 3 rings (SSSR count). The van der Waals surface area contributed by atoms with Crippen molar-refractivity contribution >= 4 is 29.2 Å². The monoisotopic (exact) mass is 526 g/mol. The number of carbonyl (C=O) groups excluding carboxylic acids is 3. The molecule has 1 saturated heterocycles. The topological polar surface area (TPSA) is 128 Å². The zero-order valence-corrected chi connectivity index (χ0v) is 22.6. The smallest absolute Gasteiger partial charge is 0.249 e. The molecule has 1 aromatic carbocycles. The first-order chi connectivity index (χ1) is 18.3. The molecule has 38 heavy (non-hydrogen) atoms. The van der Waals surface area contributed by atoms with E-state index in [0.717, 1.165) is 49.2 Å². The van der Waals surface area contributed by atoms with Crippen LogP contribution in [0.3, 0.4) is 0 Å². The van der Waals surface area contributed by atoms with Crippen molar-refractivity contribution in [3.05, 3.63) is 36.0 Å². The van der Waals surface area contributed by atoms with Crippen LogP contribution in [0.15, 0.2) is 30.5 Å². The van der Waals surface area contributed by atoms with Gasteiger partial charge < -0.3 is 24.8 Å². The van der Waals surface area contributed by atoms with Gasteiger partial charge in [-0.3, -0.25) is 19.7 Å². The van der Waals surface area contributed by atoms with Crippen LogP contribution in [0.25, 0.3) is 0 Å². The quantitative estimate of drug-likeness (QED) is 0.249. The van der Waals surface area contributed by atoms with Gasteiger partial charge in [-0.25, -0.2) is 4.98 Å². The van der Waals surface area contributed by atoms with Crippen LogP contribution in [0.4, 0.5) is 11.5 Å². The Morgan fingerprint density at radius 2 is 1.87 bits per heavy atom. The summed E-state index contributed by atoms with van der Waals surface area (Å²) >= 11 is 0. The summed E-state index contributed by atoms with van der Waals surface area (Å²) in [5.41, 5.74) is 1.87. The molecule has 3 N–H and O–H groups in total. The van der Waals surface area contributed by atoms with Crippen molar-refractivity contribution in [2.45, 2.75) is 77.4 Å². The summed E-state index contributed by atoms with van der Waals surface area (Å²) in [6.45, 7) is 3.90. The molecular formula is C28H38N4O6. The molecule has 206 valence electrons. The Hall–Kier alpha value is -3.82. The second-order valence-corrected chi connectivity index (χ2v) is 9.50. The van der Waals surface area contributed by atoms with E-state index in [9.17, 15) is 14.4 Å². The Labute approximate surface area is 223 Å². The summed E-state index contributed by atoms with van der Waals surface area (Å²) in [4.78, 5) is 39.7. The maximum atomic E-state index is 12.2. The molecule has 0 radical (unpaired) electrons. The van der Waals surface area contributed by atoms with Crippen LogP contribution in [-0.4, -0.2) is 49.1 Å². The van der Waals surface area contributed by atoms with Gasteiger partial charge in [0.05, 0.1) is 20.3 Å². The number of benzene rings is 1. The largest absolute Gasteiger partial charge is 0.493 e. The minimum atomic E-state index is -0.615. The van der Waals surface area contributed by atoms with Crippen LogP contribution in [0, 0.1) is 0 Å². The molecular weight excluding hydrogens is 488 g/mol. The molecule has 3 amide bonds. The number of rotatable bonds is 14. The number of nitrogens with one attached hydrogen (secondary N) is 3. The number of anilines is 2. The van der Waals surface area contributed by atoms with Gasteiger partial charge in [-0.2, -0.15) is 0 Å². The summed E-state index contributed by atoms with van der Waals surface area (Å²) in [7, 11) is 3.17. The highest BCUT2D eigenvalue weighted by molar-refractivity contribution is 6.01. The number of hydrogen-bond donors (Lipinski definition) is 3. The number of aryl methyl sites for hydroxylation is 1. The Morgan fingerprint density at radius 3 is 2.58 bits per heavy atom. The number of methoxy groups -OCH3 is 2. The first kappa shape index (κ1) is 28.7. The number of piperidine rings is 1. The van der Waals surface area contributed by atoms with Crippen molar-refractivity contribution in [3.63, 3.8) is 0 Å². The highest BCUT2D eigenvalue weighted by atomic mass is 16.5. The van der Waals surface area contributed by atoms with E-state index in [1.165, 1.54) is 0 Å². The molecule has 1 aliphatic rings. The summed E-state index contributed by atoms with van der Waals surface area (Å²) in [6, 6.07) is 7.08. The van der Waals surface area contributed by atoms with E-state index in [2.05, 4.69) is 27.0 Å². The highest BCUT2D eigenvalue weighted by Gasteiger charge is 2.27. The van der Waals surface area contributed by atoms with Gasteiger partial charge in [0, 0.05) is 36.9 Å². The number of pyridine rings is 1. The lowest BCUT2D eigenvalue weighted by atomic mass is 10.0. The van der Waals surface area contributed by atoms with E-state index in [0.29, 0.717) is 30.1 Å². The fraction of sp³-hybridized carbons (Fsp3) is 0.500. The van der Waals surface area contributed by atoms with Crippen LogP contribution in [0.5, 0.6) is 17.2 Å². The summed E-state index contributed by atoms with van der Waals surface area (Å²) in [6.07, 6.45) is 7.06. The lowest BCUT2D eigenvalue weighted by molar-refractivity contribution is -0.137. The third kappa shape index (κ3) is 8.36. The van der Waals surface area contributed by atoms with Crippen molar-refractivity contribution in [2.75, 3.05) is 19.5 Å². The molecule has 0 saturated carbocycles. The number of imide groups is 1. The fourth-order valence-corrected chi connectivity index (χ4v) is 4.29. The van der Waals surface area contributed by atoms with Gasteiger partial charge in [0.25, 0.3) is 0 Å². The summed E-state index contributed by atoms with van der Waals surface area (Å²) in [5, 5.41) is 8.37. The average molecular weight is 527 g/mol. The predicted molar refractivity (Wildman–Crippen MR) is 144 cm³/mol. The van der Waals surface area contributed by atoms with Crippen molar-refractivity contribution in [3.8, 4) is 17.2 Å². The number of unbranched alkanes of at least 4 members (excludes halogenated alkanes) is 3. The molecule has 1 aliphatic heterocycles. The molecule has 2 heterocycles. The molecule has 1 aromatic heterocycles. The zero-order chi connectivity index (χ0) is 27.5. The third-order valence-electron chi connectivity index (χ3n) is 6.14. The van der Waals surface area contributed by atoms with E-state index in [4.69, 9.17) is 14.2 Å². The van der Waals surface area contributed by atoms with E-state index in [1.807, 2.05) is 32.0 Å². The minimum absolute atomic E-state index is 0.0298. The van der Waals surface area contributed by atoms with E-state index >= 15 is 0 Å². The van der Waals surface area contributed by atoms with Crippen molar-refractivity contribution in [1.82, 2.24) is 15.6 Å². The first-order valence-electron chi connectivity index (χ1n) is 13.1. The fourth-order valence-electron chi connectivity index (χ4n) is 4.29. The number of hydrogen-bond acceptors (Lipinski definition) is 8. The van der Waals surface area contributed by atoms with E-state index < -0.39 is 11.9 Å². The molecule has 1 fully saturated rings. The first-order valence-corrected chi connectivity index (χ1v) is 13.1.